The molecule has 0 atom stereocenters. The SMILES string of the molecule is CC(=O)Oc1ccc2c(c1OC(C)=O)CC1=C(C2)C(C)(C)CCC1. The topological polar surface area (TPSA) is 52.6 Å². The van der Waals surface area contributed by atoms with Crippen LogP contribution < -0.4 is 9.47 Å². The van der Waals surface area contributed by atoms with Crippen LogP contribution in [0.1, 0.15) is 58.1 Å². The molecule has 0 radical (unpaired) electrons. The fraction of sp³-hybridized carbons (Fsp3) is 0.500. The van der Waals surface area contributed by atoms with Crippen molar-refractivity contribution in [2.24, 2.45) is 5.41 Å². The second kappa shape index (κ2) is 6.08. The number of carbonyl (C=O) groups excluding carboxylic acids is 2. The highest BCUT2D eigenvalue weighted by Crippen LogP contribution is 2.48. The van der Waals surface area contributed by atoms with E-state index in [0.29, 0.717) is 11.5 Å². The van der Waals surface area contributed by atoms with Gasteiger partial charge in [-0.1, -0.05) is 31.1 Å². The summed E-state index contributed by atoms with van der Waals surface area (Å²) in [5.41, 5.74) is 5.35. The van der Waals surface area contributed by atoms with Gasteiger partial charge >= 0.3 is 11.9 Å². The Kier molecular flexibility index (Phi) is 4.24. The van der Waals surface area contributed by atoms with Gasteiger partial charge in [-0.2, -0.15) is 0 Å². The van der Waals surface area contributed by atoms with Crippen LogP contribution in [0.4, 0.5) is 0 Å². The highest BCUT2D eigenvalue weighted by molar-refractivity contribution is 5.75. The fourth-order valence-corrected chi connectivity index (χ4v) is 3.98. The van der Waals surface area contributed by atoms with Crippen molar-refractivity contribution in [1.29, 1.82) is 0 Å². The van der Waals surface area contributed by atoms with Crippen LogP contribution in [0, 0.1) is 5.41 Å². The molecule has 0 unspecified atom stereocenters. The predicted molar refractivity (Wildman–Crippen MR) is 91.1 cm³/mol. The lowest BCUT2D eigenvalue weighted by atomic mass is 9.66. The summed E-state index contributed by atoms with van der Waals surface area (Å²) in [6.45, 7) is 7.34. The second-order valence-corrected chi connectivity index (χ2v) is 7.39. The van der Waals surface area contributed by atoms with Crippen molar-refractivity contribution in [1.82, 2.24) is 0 Å². The minimum Gasteiger partial charge on any atom is -0.423 e. The molecule has 0 saturated carbocycles. The van der Waals surface area contributed by atoms with E-state index in [9.17, 15) is 9.59 Å². The number of benzene rings is 1. The minimum atomic E-state index is -0.419. The maximum absolute atomic E-state index is 11.5. The fourth-order valence-electron chi connectivity index (χ4n) is 3.98. The highest BCUT2D eigenvalue weighted by Gasteiger charge is 2.34. The van der Waals surface area contributed by atoms with E-state index in [1.165, 1.54) is 37.8 Å². The van der Waals surface area contributed by atoms with Gasteiger partial charge in [0.25, 0.3) is 0 Å². The summed E-state index contributed by atoms with van der Waals surface area (Å²) >= 11 is 0. The number of allylic oxidation sites excluding steroid dienone is 2. The Labute approximate surface area is 142 Å². The van der Waals surface area contributed by atoms with Gasteiger partial charge in [0.2, 0.25) is 0 Å². The molecule has 24 heavy (non-hydrogen) atoms. The van der Waals surface area contributed by atoms with Crippen LogP contribution in [0.2, 0.25) is 0 Å². The average molecular weight is 328 g/mol. The van der Waals surface area contributed by atoms with Crippen LogP contribution in [0.15, 0.2) is 23.3 Å². The molecule has 0 heterocycles. The van der Waals surface area contributed by atoms with E-state index in [4.69, 9.17) is 9.47 Å². The van der Waals surface area contributed by atoms with E-state index in [1.807, 2.05) is 6.07 Å². The zero-order chi connectivity index (χ0) is 17.5. The zero-order valence-corrected chi connectivity index (χ0v) is 14.8. The first-order valence-electron chi connectivity index (χ1n) is 8.51. The Morgan fingerprint density at radius 1 is 1.04 bits per heavy atom. The standard InChI is InChI=1S/C20H24O4/c1-12(21)23-18-8-7-14-11-17-15(6-5-9-20(17,3)4)10-16(14)19(18)24-13(2)22/h7-8H,5-6,9-11H2,1-4H3. The van der Waals surface area contributed by atoms with E-state index < -0.39 is 11.9 Å². The lowest BCUT2D eigenvalue weighted by Crippen LogP contribution is -2.26. The Morgan fingerprint density at radius 2 is 1.75 bits per heavy atom. The molecule has 1 aromatic rings. The lowest BCUT2D eigenvalue weighted by molar-refractivity contribution is -0.134. The number of hydrogen-bond acceptors (Lipinski definition) is 4. The smallest absolute Gasteiger partial charge is 0.308 e. The van der Waals surface area contributed by atoms with Gasteiger partial charge in [0, 0.05) is 19.4 Å². The predicted octanol–water partition coefficient (Wildman–Crippen LogP) is 4.14. The van der Waals surface area contributed by atoms with Crippen LogP contribution in [-0.4, -0.2) is 11.9 Å². The first kappa shape index (κ1) is 16.7. The van der Waals surface area contributed by atoms with Crippen molar-refractivity contribution >= 4 is 11.9 Å². The van der Waals surface area contributed by atoms with E-state index in [-0.39, 0.29) is 5.41 Å². The highest BCUT2D eigenvalue weighted by atomic mass is 16.6. The van der Waals surface area contributed by atoms with Gasteiger partial charge in [0.1, 0.15) is 0 Å². The van der Waals surface area contributed by atoms with Crippen molar-refractivity contribution in [2.45, 2.75) is 59.8 Å². The van der Waals surface area contributed by atoms with Crippen molar-refractivity contribution in [3.05, 3.63) is 34.4 Å². The molecule has 1 aromatic carbocycles. The van der Waals surface area contributed by atoms with Crippen molar-refractivity contribution in [3.8, 4) is 11.5 Å². The third-order valence-corrected chi connectivity index (χ3v) is 5.10. The van der Waals surface area contributed by atoms with Gasteiger partial charge in [-0.25, -0.2) is 0 Å². The summed E-state index contributed by atoms with van der Waals surface area (Å²) in [6, 6.07) is 3.73. The quantitative estimate of drug-likeness (QED) is 0.465. The third-order valence-electron chi connectivity index (χ3n) is 5.10. The largest absolute Gasteiger partial charge is 0.423 e. The van der Waals surface area contributed by atoms with Gasteiger partial charge in [0.05, 0.1) is 0 Å². The normalized spacial score (nSPS) is 18.5. The summed E-state index contributed by atoms with van der Waals surface area (Å²) in [7, 11) is 0. The molecule has 2 aliphatic carbocycles. The molecule has 0 spiro atoms. The first-order valence-corrected chi connectivity index (χ1v) is 8.51. The molecule has 0 aromatic heterocycles. The molecule has 2 aliphatic rings. The van der Waals surface area contributed by atoms with Crippen LogP contribution in [0.25, 0.3) is 0 Å². The second-order valence-electron chi connectivity index (χ2n) is 7.39. The number of fused-ring (bicyclic) bond motifs is 1. The molecule has 0 fully saturated rings. The summed E-state index contributed by atoms with van der Waals surface area (Å²) in [6.07, 6.45) is 5.14. The summed E-state index contributed by atoms with van der Waals surface area (Å²) in [5.74, 6) is -0.0842. The van der Waals surface area contributed by atoms with E-state index in [0.717, 1.165) is 30.4 Å². The van der Waals surface area contributed by atoms with Gasteiger partial charge in [-0.05, 0) is 49.1 Å². The minimum absolute atomic E-state index is 0.224. The molecule has 4 nitrogen and oxygen atoms in total. The first-order chi connectivity index (χ1) is 11.3. The Morgan fingerprint density at radius 3 is 2.42 bits per heavy atom. The van der Waals surface area contributed by atoms with E-state index in [1.54, 1.807) is 6.07 Å². The summed E-state index contributed by atoms with van der Waals surface area (Å²) in [4.78, 5) is 22.9. The monoisotopic (exact) mass is 328 g/mol. The lowest BCUT2D eigenvalue weighted by Gasteiger charge is -2.39. The Bertz CT molecular complexity index is 740. The number of carbonyl (C=O) groups is 2. The molecule has 0 aliphatic heterocycles. The van der Waals surface area contributed by atoms with E-state index in [2.05, 4.69) is 13.8 Å². The van der Waals surface area contributed by atoms with Gasteiger partial charge in [-0.15, -0.1) is 0 Å². The Hall–Kier alpha value is -2.10. The molecule has 0 bridgehead atoms. The molecular weight excluding hydrogens is 304 g/mol. The van der Waals surface area contributed by atoms with Crippen molar-refractivity contribution in [3.63, 3.8) is 0 Å². The molecular formula is C20H24O4. The average Bonchev–Trinajstić information content (AvgIpc) is 2.47. The summed E-state index contributed by atoms with van der Waals surface area (Å²) in [5, 5.41) is 0. The molecule has 128 valence electrons. The van der Waals surface area contributed by atoms with Crippen molar-refractivity contribution < 1.29 is 19.1 Å². The molecule has 3 rings (SSSR count). The Balaban J connectivity index is 2.07. The van der Waals surface area contributed by atoms with Gasteiger partial charge < -0.3 is 9.47 Å². The number of rotatable bonds is 2. The zero-order valence-electron chi connectivity index (χ0n) is 14.8. The number of ether oxygens (including phenoxy) is 2. The number of esters is 2. The third kappa shape index (κ3) is 3.10. The van der Waals surface area contributed by atoms with Crippen LogP contribution in [0.5, 0.6) is 11.5 Å². The van der Waals surface area contributed by atoms with Gasteiger partial charge in [0.15, 0.2) is 11.5 Å². The maximum Gasteiger partial charge on any atom is 0.308 e. The van der Waals surface area contributed by atoms with Gasteiger partial charge in [-0.3, -0.25) is 9.59 Å². The summed E-state index contributed by atoms with van der Waals surface area (Å²) < 4.78 is 10.7. The molecule has 0 amide bonds. The molecule has 4 heteroatoms. The van der Waals surface area contributed by atoms with Crippen LogP contribution in [0.3, 0.4) is 0 Å². The van der Waals surface area contributed by atoms with Crippen LogP contribution >= 0.6 is 0 Å². The molecule has 0 saturated heterocycles. The van der Waals surface area contributed by atoms with E-state index >= 15 is 0 Å². The van der Waals surface area contributed by atoms with Crippen LogP contribution in [-0.2, 0) is 22.4 Å². The number of hydrogen-bond donors (Lipinski definition) is 0. The van der Waals surface area contributed by atoms with Crippen molar-refractivity contribution in [2.75, 3.05) is 0 Å². The molecule has 0 N–H and O–H groups in total. The maximum atomic E-state index is 11.5.